The predicted molar refractivity (Wildman–Crippen MR) is 82.1 cm³/mol. The lowest BCUT2D eigenvalue weighted by Gasteiger charge is -2.37. The van der Waals surface area contributed by atoms with Crippen molar-refractivity contribution in [2.24, 2.45) is 0 Å². The molecular formula is C16H19ClN2O. The van der Waals surface area contributed by atoms with E-state index in [9.17, 15) is 0 Å². The van der Waals surface area contributed by atoms with E-state index in [0.717, 1.165) is 25.2 Å². The number of morpholine rings is 1. The number of hydrogen-bond acceptors (Lipinski definition) is 3. The fourth-order valence-corrected chi connectivity index (χ4v) is 2.83. The molecule has 1 saturated heterocycles. The van der Waals surface area contributed by atoms with Crippen molar-refractivity contribution in [3.63, 3.8) is 0 Å². The molecule has 20 heavy (non-hydrogen) atoms. The van der Waals surface area contributed by atoms with Crippen molar-refractivity contribution in [2.75, 3.05) is 19.0 Å². The smallest absolute Gasteiger partial charge is 0.0838 e. The molecule has 3 nitrogen and oxygen atoms in total. The average Bonchev–Trinajstić information content (AvgIpc) is 2.49. The Labute approximate surface area is 124 Å². The van der Waals surface area contributed by atoms with Crippen LogP contribution in [-0.4, -0.2) is 41.1 Å². The van der Waals surface area contributed by atoms with Crippen molar-refractivity contribution in [1.82, 2.24) is 9.88 Å². The third-order valence-corrected chi connectivity index (χ3v) is 4.20. The Kier molecular flexibility index (Phi) is 4.20. The second-order valence-electron chi connectivity index (χ2n) is 5.42. The minimum absolute atomic E-state index is 0.148. The van der Waals surface area contributed by atoms with Crippen molar-refractivity contribution in [3.8, 4) is 0 Å². The van der Waals surface area contributed by atoms with Gasteiger partial charge in [0.05, 0.1) is 18.2 Å². The van der Waals surface area contributed by atoms with Gasteiger partial charge in [0.2, 0.25) is 0 Å². The molecule has 0 spiro atoms. The number of halogens is 1. The van der Waals surface area contributed by atoms with Gasteiger partial charge in [-0.3, -0.25) is 9.88 Å². The molecule has 0 radical (unpaired) electrons. The minimum atomic E-state index is 0.148. The molecular weight excluding hydrogens is 272 g/mol. The zero-order valence-corrected chi connectivity index (χ0v) is 12.4. The van der Waals surface area contributed by atoms with Crippen LogP contribution in [0.4, 0.5) is 0 Å². The van der Waals surface area contributed by atoms with E-state index in [0.29, 0.717) is 11.9 Å². The van der Waals surface area contributed by atoms with E-state index < -0.39 is 0 Å². The summed E-state index contributed by atoms with van der Waals surface area (Å²) in [6, 6.07) is 11.0. The number of fused-ring (bicyclic) bond motifs is 1. The van der Waals surface area contributed by atoms with Crippen molar-refractivity contribution in [1.29, 1.82) is 0 Å². The molecule has 0 N–H and O–H groups in total. The van der Waals surface area contributed by atoms with E-state index in [1.54, 1.807) is 0 Å². The third kappa shape index (κ3) is 2.95. The molecule has 2 heterocycles. The van der Waals surface area contributed by atoms with Gasteiger partial charge in [-0.05, 0) is 30.7 Å². The average molecular weight is 291 g/mol. The maximum atomic E-state index is 5.91. The molecule has 1 aromatic heterocycles. The van der Waals surface area contributed by atoms with Gasteiger partial charge in [0.15, 0.2) is 0 Å². The van der Waals surface area contributed by atoms with Crippen LogP contribution in [0.5, 0.6) is 0 Å². The summed E-state index contributed by atoms with van der Waals surface area (Å²) in [5.74, 6) is 0.560. The zero-order chi connectivity index (χ0) is 13.9. The first kappa shape index (κ1) is 13.8. The van der Waals surface area contributed by atoms with Crippen molar-refractivity contribution in [2.45, 2.75) is 25.6 Å². The van der Waals surface area contributed by atoms with Gasteiger partial charge < -0.3 is 4.74 Å². The van der Waals surface area contributed by atoms with Gasteiger partial charge in [0.1, 0.15) is 0 Å². The zero-order valence-electron chi connectivity index (χ0n) is 11.6. The number of pyridine rings is 1. The molecule has 4 heteroatoms. The second-order valence-corrected chi connectivity index (χ2v) is 5.73. The fraction of sp³-hybridized carbons (Fsp3) is 0.438. The highest BCUT2D eigenvalue weighted by Gasteiger charge is 2.25. The van der Waals surface area contributed by atoms with Crippen molar-refractivity contribution in [3.05, 3.63) is 42.1 Å². The summed E-state index contributed by atoms with van der Waals surface area (Å²) in [7, 11) is 0. The summed E-state index contributed by atoms with van der Waals surface area (Å²) in [6.45, 7) is 4.79. The molecule has 1 aliphatic rings. The summed E-state index contributed by atoms with van der Waals surface area (Å²) in [6.07, 6.45) is 1.98. The first-order valence-electron chi connectivity index (χ1n) is 7.01. The number of nitrogens with zero attached hydrogens (tertiary/aromatic N) is 2. The summed E-state index contributed by atoms with van der Waals surface area (Å²) in [5, 5.41) is 1.19. The first-order valence-corrected chi connectivity index (χ1v) is 7.55. The quantitative estimate of drug-likeness (QED) is 0.813. The summed E-state index contributed by atoms with van der Waals surface area (Å²) in [5.41, 5.74) is 2.36. The van der Waals surface area contributed by atoms with Crippen LogP contribution in [-0.2, 0) is 11.3 Å². The third-order valence-electron chi connectivity index (χ3n) is 3.86. The maximum Gasteiger partial charge on any atom is 0.0838 e. The first-order chi connectivity index (χ1) is 9.76. The van der Waals surface area contributed by atoms with Gasteiger partial charge in [-0.25, -0.2) is 0 Å². The van der Waals surface area contributed by atoms with Crippen molar-refractivity contribution < 1.29 is 4.74 Å². The molecule has 0 aliphatic carbocycles. The van der Waals surface area contributed by atoms with E-state index in [-0.39, 0.29) is 6.10 Å². The Bertz CT molecular complexity index is 589. The maximum absolute atomic E-state index is 5.91. The Morgan fingerprint density at radius 1 is 1.40 bits per heavy atom. The van der Waals surface area contributed by atoms with Gasteiger partial charge in [0.25, 0.3) is 0 Å². The van der Waals surface area contributed by atoms with Crippen LogP contribution in [0.25, 0.3) is 10.9 Å². The SMILES string of the molecule is CC1COC(CCl)CN1Cc1ccc2ncccc2c1. The lowest BCUT2D eigenvalue weighted by atomic mass is 10.1. The highest BCUT2D eigenvalue weighted by atomic mass is 35.5. The number of alkyl halides is 1. The van der Waals surface area contributed by atoms with E-state index in [4.69, 9.17) is 16.3 Å². The van der Waals surface area contributed by atoms with Gasteiger partial charge in [-0.2, -0.15) is 0 Å². The summed E-state index contributed by atoms with van der Waals surface area (Å²) < 4.78 is 5.69. The minimum Gasteiger partial charge on any atom is -0.374 e. The molecule has 2 aromatic rings. The summed E-state index contributed by atoms with van der Waals surface area (Å²) in [4.78, 5) is 6.80. The summed E-state index contributed by atoms with van der Waals surface area (Å²) >= 11 is 5.91. The topological polar surface area (TPSA) is 25.4 Å². The normalized spacial score (nSPS) is 24.1. The van der Waals surface area contributed by atoms with E-state index in [1.807, 2.05) is 12.3 Å². The van der Waals surface area contributed by atoms with Crippen LogP contribution >= 0.6 is 11.6 Å². The van der Waals surface area contributed by atoms with Crippen LogP contribution in [0.1, 0.15) is 12.5 Å². The Morgan fingerprint density at radius 2 is 2.30 bits per heavy atom. The Morgan fingerprint density at radius 3 is 3.15 bits per heavy atom. The van der Waals surface area contributed by atoms with Crippen LogP contribution in [0.15, 0.2) is 36.5 Å². The van der Waals surface area contributed by atoms with E-state index in [1.165, 1.54) is 10.9 Å². The van der Waals surface area contributed by atoms with Crippen LogP contribution < -0.4 is 0 Å². The molecule has 0 amide bonds. The van der Waals surface area contributed by atoms with Gasteiger partial charge in [-0.1, -0.05) is 12.1 Å². The van der Waals surface area contributed by atoms with Crippen LogP contribution in [0, 0.1) is 0 Å². The number of hydrogen-bond donors (Lipinski definition) is 0. The lowest BCUT2D eigenvalue weighted by Crippen LogP contribution is -2.48. The number of rotatable bonds is 3. The highest BCUT2D eigenvalue weighted by molar-refractivity contribution is 6.18. The van der Waals surface area contributed by atoms with E-state index in [2.05, 4.69) is 41.1 Å². The van der Waals surface area contributed by atoms with Gasteiger partial charge >= 0.3 is 0 Å². The molecule has 1 aromatic carbocycles. The van der Waals surface area contributed by atoms with Gasteiger partial charge in [0, 0.05) is 36.6 Å². The number of benzene rings is 1. The number of aromatic nitrogens is 1. The number of ether oxygens (including phenoxy) is 1. The molecule has 0 bridgehead atoms. The van der Waals surface area contributed by atoms with E-state index >= 15 is 0 Å². The second kappa shape index (κ2) is 6.08. The highest BCUT2D eigenvalue weighted by Crippen LogP contribution is 2.19. The molecule has 106 valence electrons. The molecule has 1 aliphatic heterocycles. The molecule has 0 saturated carbocycles. The predicted octanol–water partition coefficient (Wildman–Crippen LogP) is 3.06. The molecule has 3 rings (SSSR count). The van der Waals surface area contributed by atoms with Crippen LogP contribution in [0.3, 0.4) is 0 Å². The molecule has 2 unspecified atom stereocenters. The monoisotopic (exact) mass is 290 g/mol. The Hall–Kier alpha value is -1.16. The molecule has 1 fully saturated rings. The standard InChI is InChI=1S/C16H19ClN2O/c1-12-11-20-15(8-17)10-19(12)9-13-4-5-16-14(7-13)3-2-6-18-16/h2-7,12,15H,8-11H2,1H3. The molecule has 2 atom stereocenters. The Balaban J connectivity index is 1.77. The van der Waals surface area contributed by atoms with Crippen molar-refractivity contribution >= 4 is 22.5 Å². The fourth-order valence-electron chi connectivity index (χ4n) is 2.65. The largest absolute Gasteiger partial charge is 0.374 e. The lowest BCUT2D eigenvalue weighted by molar-refractivity contribution is -0.0510. The van der Waals surface area contributed by atoms with Gasteiger partial charge in [-0.15, -0.1) is 11.6 Å². The van der Waals surface area contributed by atoms with Crippen LogP contribution in [0.2, 0.25) is 0 Å².